The topological polar surface area (TPSA) is 231 Å². The summed E-state index contributed by atoms with van der Waals surface area (Å²) in [5, 5.41) is 72.0. The van der Waals surface area contributed by atoms with Gasteiger partial charge in [0.05, 0.1) is 19.8 Å². The molecule has 2 heterocycles. The summed E-state index contributed by atoms with van der Waals surface area (Å²) in [4.78, 5) is 25.7. The van der Waals surface area contributed by atoms with E-state index in [1.807, 2.05) is 6.08 Å². The van der Waals surface area contributed by atoms with E-state index in [2.05, 4.69) is 68.5 Å². The number of ether oxygens (including phenoxy) is 6. The number of aliphatic hydroxyl groups is 7. The van der Waals surface area contributed by atoms with Crippen LogP contribution in [0.2, 0.25) is 0 Å². The van der Waals surface area contributed by atoms with E-state index in [1.165, 1.54) is 77.0 Å². The number of hydrogen-bond acceptors (Lipinski definition) is 15. The quantitative estimate of drug-likeness (QED) is 0.0183. The normalized spacial score (nSPS) is 26.2. The van der Waals surface area contributed by atoms with Gasteiger partial charge >= 0.3 is 11.9 Å². The maximum absolute atomic E-state index is 13.0. The molecule has 15 heteroatoms. The molecule has 0 bridgehead atoms. The molecule has 2 aliphatic heterocycles. The molecule has 0 saturated carbocycles. The zero-order chi connectivity index (χ0) is 49.6. The molecule has 2 saturated heterocycles. The van der Waals surface area contributed by atoms with E-state index in [0.717, 1.165) is 44.9 Å². The number of carbonyl (C=O) groups excluding carboxylic acids is 2. The first-order valence-corrected chi connectivity index (χ1v) is 25.9. The van der Waals surface area contributed by atoms with E-state index in [-0.39, 0.29) is 19.4 Å². The second-order valence-electron chi connectivity index (χ2n) is 18.0. The highest BCUT2D eigenvalue weighted by Crippen LogP contribution is 2.26. The Labute approximate surface area is 407 Å². The fraction of sp³-hybridized carbons (Fsp3) is 0.774. The maximum atomic E-state index is 13.0. The van der Waals surface area contributed by atoms with Crippen LogP contribution in [0.15, 0.2) is 60.8 Å². The number of unbranched alkanes of at least 4 members (excludes halogenated alkanes) is 15. The van der Waals surface area contributed by atoms with Gasteiger partial charge < -0.3 is 64.2 Å². The van der Waals surface area contributed by atoms with Crippen molar-refractivity contribution in [2.75, 3.05) is 26.4 Å². The van der Waals surface area contributed by atoms with Crippen LogP contribution in [0.4, 0.5) is 0 Å². The fourth-order valence-electron chi connectivity index (χ4n) is 7.67. The molecule has 0 aromatic carbocycles. The Bertz CT molecular complexity index is 1420. The van der Waals surface area contributed by atoms with Crippen molar-refractivity contribution < 1.29 is 73.8 Å². The van der Waals surface area contributed by atoms with Crippen molar-refractivity contribution in [3.05, 3.63) is 60.8 Å². The van der Waals surface area contributed by atoms with E-state index < -0.39 is 99.3 Å². The Hall–Kier alpha value is -2.80. The minimum Gasteiger partial charge on any atom is -0.462 e. The van der Waals surface area contributed by atoms with Gasteiger partial charge in [0, 0.05) is 12.8 Å². The highest BCUT2D eigenvalue weighted by molar-refractivity contribution is 5.70. The number of aliphatic hydroxyl groups excluding tert-OH is 7. The SMILES string of the molecule is CCCCC/C=C/C/C=C/C/C=C/CCCCC(=O)O[C@@H](COC(=O)CCC/C=C/C/C=C/CCCCCCCCCCC)CO[C@@H]1O[C@H](CO[C@@H]2O[C@H](CO)[C@H](O)C(O)C2O)[C@H](O)C(O)C1O. The van der Waals surface area contributed by atoms with Crippen molar-refractivity contribution in [3.63, 3.8) is 0 Å². The van der Waals surface area contributed by atoms with E-state index in [0.29, 0.717) is 19.3 Å². The van der Waals surface area contributed by atoms with Crippen LogP contribution in [-0.4, -0.2) is 142 Å². The molecule has 0 aromatic rings. The van der Waals surface area contributed by atoms with E-state index in [4.69, 9.17) is 28.4 Å². The lowest BCUT2D eigenvalue weighted by Crippen LogP contribution is -2.61. The summed E-state index contributed by atoms with van der Waals surface area (Å²) in [6, 6.07) is 0. The molecule has 2 fully saturated rings. The molecule has 68 heavy (non-hydrogen) atoms. The van der Waals surface area contributed by atoms with Crippen molar-refractivity contribution >= 4 is 11.9 Å². The first kappa shape index (κ1) is 61.3. The predicted octanol–water partition coefficient (Wildman–Crippen LogP) is 7.27. The van der Waals surface area contributed by atoms with Crippen LogP contribution in [0, 0.1) is 0 Å². The summed E-state index contributed by atoms with van der Waals surface area (Å²) in [6.07, 6.45) is 28.3. The Morgan fingerprint density at radius 3 is 1.46 bits per heavy atom. The molecule has 0 amide bonds. The molecule has 0 radical (unpaired) electrons. The summed E-state index contributed by atoms with van der Waals surface area (Å²) in [5.74, 6) is -1.03. The summed E-state index contributed by atoms with van der Waals surface area (Å²) in [6.45, 7) is 2.47. The third-order valence-electron chi connectivity index (χ3n) is 12.0. The summed E-state index contributed by atoms with van der Waals surface area (Å²) in [7, 11) is 0. The van der Waals surface area contributed by atoms with Crippen LogP contribution >= 0.6 is 0 Å². The third kappa shape index (κ3) is 27.6. The molecule has 2 rings (SSSR count). The lowest BCUT2D eigenvalue weighted by Gasteiger charge is -2.42. The van der Waals surface area contributed by atoms with Gasteiger partial charge in [0.25, 0.3) is 0 Å². The Morgan fingerprint density at radius 2 is 0.897 bits per heavy atom. The second kappa shape index (κ2) is 39.9. The Kier molecular flexibility index (Phi) is 36.0. The fourth-order valence-corrected chi connectivity index (χ4v) is 7.67. The van der Waals surface area contributed by atoms with Gasteiger partial charge in [-0.25, -0.2) is 0 Å². The van der Waals surface area contributed by atoms with E-state index >= 15 is 0 Å². The van der Waals surface area contributed by atoms with Crippen LogP contribution in [-0.2, 0) is 38.0 Å². The van der Waals surface area contributed by atoms with Crippen molar-refractivity contribution in [2.24, 2.45) is 0 Å². The van der Waals surface area contributed by atoms with Gasteiger partial charge in [-0.3, -0.25) is 9.59 Å². The molecule has 0 spiro atoms. The average Bonchev–Trinajstić information content (AvgIpc) is 3.33. The number of esters is 2. The van der Waals surface area contributed by atoms with Crippen LogP contribution in [0.25, 0.3) is 0 Å². The Balaban J connectivity index is 1.85. The van der Waals surface area contributed by atoms with Gasteiger partial charge in [-0.15, -0.1) is 0 Å². The number of allylic oxidation sites excluding steroid dienone is 10. The van der Waals surface area contributed by atoms with E-state index in [9.17, 15) is 45.3 Å². The predicted molar refractivity (Wildman–Crippen MR) is 261 cm³/mol. The first-order valence-electron chi connectivity index (χ1n) is 25.9. The van der Waals surface area contributed by atoms with Crippen LogP contribution in [0.5, 0.6) is 0 Å². The zero-order valence-corrected chi connectivity index (χ0v) is 41.3. The first-order chi connectivity index (χ1) is 33.0. The molecule has 0 aliphatic carbocycles. The minimum absolute atomic E-state index is 0.106. The van der Waals surface area contributed by atoms with E-state index in [1.54, 1.807) is 0 Å². The largest absolute Gasteiger partial charge is 0.462 e. The van der Waals surface area contributed by atoms with Crippen molar-refractivity contribution in [1.82, 2.24) is 0 Å². The summed E-state index contributed by atoms with van der Waals surface area (Å²) < 4.78 is 33.5. The summed E-state index contributed by atoms with van der Waals surface area (Å²) in [5.41, 5.74) is 0. The average molecular weight is 967 g/mol. The van der Waals surface area contributed by atoms with Crippen LogP contribution in [0.1, 0.15) is 168 Å². The number of rotatable bonds is 39. The molecule has 2 aliphatic rings. The molecule has 0 aromatic heterocycles. The van der Waals surface area contributed by atoms with Gasteiger partial charge in [-0.05, 0) is 77.0 Å². The summed E-state index contributed by atoms with van der Waals surface area (Å²) >= 11 is 0. The number of hydrogen-bond donors (Lipinski definition) is 7. The standard InChI is InChI=1S/C53H90O15/c1-3-5-7-9-11-13-15-17-19-20-22-23-25-27-29-31-33-35-44(55)63-38-41(66-45(56)36-34-32-30-28-26-24-21-18-16-14-12-10-8-6-4-2)39-64-52-51(62)49(60)47(58)43(68-52)40-65-53-50(61)48(59)46(57)42(37-54)67-53/h12,14,18,21-23,26-29,41-43,46-54,57-62H,3-11,13,15-17,19-20,24-25,30-40H2,1-2H3/b14-12+,21-18+,23-22+,28-26+,29-27+/t41-,42+,43+,46-,47-,48?,49?,50?,51?,52+,53+/m0/s1. The number of carbonyl (C=O) groups is 2. The highest BCUT2D eigenvalue weighted by Gasteiger charge is 2.47. The molecule has 392 valence electrons. The van der Waals surface area contributed by atoms with Gasteiger partial charge in [-0.1, -0.05) is 139 Å². The maximum Gasteiger partial charge on any atom is 0.306 e. The van der Waals surface area contributed by atoms with Crippen molar-refractivity contribution in [3.8, 4) is 0 Å². The van der Waals surface area contributed by atoms with Crippen LogP contribution < -0.4 is 0 Å². The lowest BCUT2D eigenvalue weighted by molar-refractivity contribution is -0.332. The zero-order valence-electron chi connectivity index (χ0n) is 41.3. The van der Waals surface area contributed by atoms with Crippen molar-refractivity contribution in [1.29, 1.82) is 0 Å². The lowest BCUT2D eigenvalue weighted by atomic mass is 9.98. The van der Waals surface area contributed by atoms with Crippen molar-refractivity contribution in [2.45, 2.75) is 235 Å². The minimum atomic E-state index is -1.78. The Morgan fingerprint density at radius 1 is 0.471 bits per heavy atom. The van der Waals surface area contributed by atoms with Gasteiger partial charge in [0.1, 0.15) is 55.4 Å². The molecule has 4 unspecified atom stereocenters. The smallest absolute Gasteiger partial charge is 0.306 e. The van der Waals surface area contributed by atoms with Crippen LogP contribution in [0.3, 0.4) is 0 Å². The molecular weight excluding hydrogens is 877 g/mol. The highest BCUT2D eigenvalue weighted by atomic mass is 16.7. The molecular formula is C53H90O15. The third-order valence-corrected chi connectivity index (χ3v) is 12.0. The molecule has 11 atom stereocenters. The molecule has 15 nitrogen and oxygen atoms in total. The molecule has 7 N–H and O–H groups in total. The van der Waals surface area contributed by atoms with Gasteiger partial charge in [0.2, 0.25) is 0 Å². The second-order valence-corrected chi connectivity index (χ2v) is 18.0. The van der Waals surface area contributed by atoms with Gasteiger partial charge in [0.15, 0.2) is 18.7 Å². The van der Waals surface area contributed by atoms with Gasteiger partial charge in [-0.2, -0.15) is 0 Å². The monoisotopic (exact) mass is 967 g/mol.